The molecule has 16 heavy (non-hydrogen) atoms. The van der Waals surface area contributed by atoms with Gasteiger partial charge in [-0.2, -0.15) is 0 Å². The van der Waals surface area contributed by atoms with Crippen molar-refractivity contribution >= 4 is 28.5 Å². The van der Waals surface area contributed by atoms with Crippen molar-refractivity contribution in [3.63, 3.8) is 0 Å². The number of hydrogen-bond donors (Lipinski definition) is 2. The van der Waals surface area contributed by atoms with Gasteiger partial charge in [-0.15, -0.1) is 0 Å². The molecule has 0 bridgehead atoms. The molecule has 1 aromatic rings. The summed E-state index contributed by atoms with van der Waals surface area (Å²) < 4.78 is 13.4. The zero-order valence-electron chi connectivity index (χ0n) is 9.05. The van der Waals surface area contributed by atoms with Gasteiger partial charge in [0.2, 0.25) is 0 Å². The lowest BCUT2D eigenvalue weighted by Crippen LogP contribution is -2.46. The number of carbonyl (C=O) groups is 1. The molecule has 0 radical (unpaired) electrons. The van der Waals surface area contributed by atoms with Crippen LogP contribution in [-0.2, 0) is 0 Å². The summed E-state index contributed by atoms with van der Waals surface area (Å²) >= 11 is 1.83. The number of halogens is 2. The van der Waals surface area contributed by atoms with Crippen LogP contribution < -0.4 is 5.32 Å². The van der Waals surface area contributed by atoms with E-state index in [-0.39, 0.29) is 18.3 Å². The summed E-state index contributed by atoms with van der Waals surface area (Å²) in [5.74, 6) is -0.671. The maximum absolute atomic E-state index is 13.0. The first-order valence-corrected chi connectivity index (χ1v) is 5.82. The van der Waals surface area contributed by atoms with Crippen molar-refractivity contribution in [2.45, 2.75) is 19.4 Å². The Morgan fingerprint density at radius 1 is 1.56 bits per heavy atom. The van der Waals surface area contributed by atoms with Crippen molar-refractivity contribution in [3.8, 4) is 0 Å². The SMILES string of the molecule is CC(C)(CO)NC(=O)c1ccc(F)c(I)c1. The first kappa shape index (κ1) is 13.4. The summed E-state index contributed by atoms with van der Waals surface area (Å²) in [7, 11) is 0. The van der Waals surface area contributed by atoms with Crippen LogP contribution in [0.3, 0.4) is 0 Å². The molecule has 1 aromatic carbocycles. The lowest BCUT2D eigenvalue weighted by Gasteiger charge is -2.23. The Morgan fingerprint density at radius 3 is 2.69 bits per heavy atom. The minimum atomic E-state index is -0.684. The molecule has 5 heteroatoms. The fourth-order valence-corrected chi connectivity index (χ4v) is 1.57. The van der Waals surface area contributed by atoms with Gasteiger partial charge in [-0.1, -0.05) is 0 Å². The van der Waals surface area contributed by atoms with Crippen molar-refractivity contribution < 1.29 is 14.3 Å². The standard InChI is InChI=1S/C11H13FINO2/c1-11(2,6-15)14-10(16)7-3-4-8(12)9(13)5-7/h3-5,15H,6H2,1-2H3,(H,14,16). The van der Waals surface area contributed by atoms with E-state index in [1.54, 1.807) is 13.8 Å². The quantitative estimate of drug-likeness (QED) is 0.828. The molecule has 0 aromatic heterocycles. The molecule has 0 aliphatic rings. The van der Waals surface area contributed by atoms with Gasteiger partial charge in [0.15, 0.2) is 0 Å². The van der Waals surface area contributed by atoms with Gasteiger partial charge < -0.3 is 10.4 Å². The number of rotatable bonds is 3. The van der Waals surface area contributed by atoms with Gasteiger partial charge in [-0.3, -0.25) is 4.79 Å². The molecule has 0 unspecified atom stereocenters. The van der Waals surface area contributed by atoms with Crippen LogP contribution in [0, 0.1) is 9.39 Å². The van der Waals surface area contributed by atoms with Crippen LogP contribution in [0.15, 0.2) is 18.2 Å². The Morgan fingerprint density at radius 2 is 2.19 bits per heavy atom. The highest BCUT2D eigenvalue weighted by molar-refractivity contribution is 14.1. The number of nitrogens with one attached hydrogen (secondary N) is 1. The smallest absolute Gasteiger partial charge is 0.251 e. The minimum absolute atomic E-state index is 0.156. The molecule has 0 spiro atoms. The highest BCUT2D eigenvalue weighted by atomic mass is 127. The molecule has 1 amide bonds. The third-order valence-corrected chi connectivity index (χ3v) is 2.86. The Bertz CT molecular complexity index is 407. The Labute approximate surface area is 107 Å². The lowest BCUT2D eigenvalue weighted by atomic mass is 10.1. The molecule has 0 atom stereocenters. The van der Waals surface area contributed by atoms with Gasteiger partial charge in [0.1, 0.15) is 5.82 Å². The molecule has 0 saturated carbocycles. The number of aliphatic hydroxyl groups is 1. The topological polar surface area (TPSA) is 49.3 Å². The second kappa shape index (κ2) is 5.09. The molecule has 0 fully saturated rings. The number of aliphatic hydroxyl groups excluding tert-OH is 1. The number of carbonyl (C=O) groups excluding carboxylic acids is 1. The molecule has 3 nitrogen and oxygen atoms in total. The average Bonchev–Trinajstić information content (AvgIpc) is 2.21. The summed E-state index contributed by atoms with van der Waals surface area (Å²) in [4.78, 5) is 11.7. The van der Waals surface area contributed by atoms with Crippen LogP contribution in [0.5, 0.6) is 0 Å². The fourth-order valence-electron chi connectivity index (χ4n) is 1.06. The zero-order valence-corrected chi connectivity index (χ0v) is 11.2. The molecular formula is C11H13FINO2. The largest absolute Gasteiger partial charge is 0.394 e. The second-order valence-electron chi connectivity index (χ2n) is 4.13. The van der Waals surface area contributed by atoms with E-state index in [1.807, 2.05) is 22.6 Å². The van der Waals surface area contributed by atoms with E-state index in [9.17, 15) is 9.18 Å². The molecular weight excluding hydrogens is 324 g/mol. The van der Waals surface area contributed by atoms with Gasteiger partial charge in [-0.05, 0) is 54.6 Å². The predicted molar refractivity (Wildman–Crippen MR) is 67.7 cm³/mol. The van der Waals surface area contributed by atoms with E-state index in [2.05, 4.69) is 5.32 Å². The fraction of sp³-hybridized carbons (Fsp3) is 0.364. The summed E-state index contributed by atoms with van der Waals surface area (Å²) in [6.07, 6.45) is 0. The maximum Gasteiger partial charge on any atom is 0.251 e. The number of benzene rings is 1. The van der Waals surface area contributed by atoms with Crippen molar-refractivity contribution in [1.29, 1.82) is 0 Å². The van der Waals surface area contributed by atoms with Crippen molar-refractivity contribution in [3.05, 3.63) is 33.1 Å². The summed E-state index contributed by atoms with van der Waals surface area (Å²) in [5, 5.41) is 11.7. The summed E-state index contributed by atoms with van der Waals surface area (Å²) in [6, 6.07) is 4.14. The first-order valence-electron chi connectivity index (χ1n) is 4.74. The van der Waals surface area contributed by atoms with E-state index in [1.165, 1.54) is 18.2 Å². The number of amides is 1. The van der Waals surface area contributed by atoms with Crippen LogP contribution in [0.4, 0.5) is 4.39 Å². The average molecular weight is 337 g/mol. The van der Waals surface area contributed by atoms with Crippen molar-refractivity contribution in [1.82, 2.24) is 5.32 Å². The molecule has 0 aliphatic carbocycles. The molecule has 2 N–H and O–H groups in total. The van der Waals surface area contributed by atoms with Gasteiger partial charge in [0.05, 0.1) is 12.1 Å². The van der Waals surface area contributed by atoms with Crippen molar-refractivity contribution in [2.75, 3.05) is 6.61 Å². The monoisotopic (exact) mass is 337 g/mol. The Hall–Kier alpha value is -0.690. The van der Waals surface area contributed by atoms with Crippen LogP contribution >= 0.6 is 22.6 Å². The molecule has 1 rings (SSSR count). The van der Waals surface area contributed by atoms with E-state index in [4.69, 9.17) is 5.11 Å². The van der Waals surface area contributed by atoms with Gasteiger partial charge >= 0.3 is 0 Å². The third kappa shape index (κ3) is 3.41. The van der Waals surface area contributed by atoms with E-state index in [0.29, 0.717) is 9.13 Å². The van der Waals surface area contributed by atoms with Gasteiger partial charge in [0.25, 0.3) is 5.91 Å². The Kier molecular flexibility index (Phi) is 4.26. The lowest BCUT2D eigenvalue weighted by molar-refractivity contribution is 0.0869. The van der Waals surface area contributed by atoms with Crippen molar-refractivity contribution in [2.24, 2.45) is 0 Å². The van der Waals surface area contributed by atoms with E-state index >= 15 is 0 Å². The van der Waals surface area contributed by atoms with E-state index in [0.717, 1.165) is 0 Å². The van der Waals surface area contributed by atoms with Crippen LogP contribution in [-0.4, -0.2) is 23.2 Å². The Balaban J connectivity index is 2.85. The second-order valence-corrected chi connectivity index (χ2v) is 5.29. The highest BCUT2D eigenvalue weighted by Gasteiger charge is 2.20. The van der Waals surface area contributed by atoms with Crippen LogP contribution in [0.25, 0.3) is 0 Å². The first-order chi connectivity index (χ1) is 7.35. The third-order valence-electron chi connectivity index (χ3n) is 2.03. The highest BCUT2D eigenvalue weighted by Crippen LogP contribution is 2.13. The zero-order chi connectivity index (χ0) is 12.3. The predicted octanol–water partition coefficient (Wildman–Crippen LogP) is 1.93. The van der Waals surface area contributed by atoms with Gasteiger partial charge in [0, 0.05) is 9.13 Å². The molecule has 88 valence electrons. The summed E-state index contributed by atoms with van der Waals surface area (Å²) in [6.45, 7) is 3.26. The minimum Gasteiger partial charge on any atom is -0.394 e. The normalized spacial score (nSPS) is 11.3. The van der Waals surface area contributed by atoms with Crippen LogP contribution in [0.1, 0.15) is 24.2 Å². The van der Waals surface area contributed by atoms with Crippen LogP contribution in [0.2, 0.25) is 0 Å². The molecule has 0 heterocycles. The van der Waals surface area contributed by atoms with E-state index < -0.39 is 5.54 Å². The molecule has 0 saturated heterocycles. The molecule has 0 aliphatic heterocycles. The number of hydrogen-bond acceptors (Lipinski definition) is 2. The van der Waals surface area contributed by atoms with Gasteiger partial charge in [-0.25, -0.2) is 4.39 Å². The summed E-state index contributed by atoms with van der Waals surface area (Å²) in [5.41, 5.74) is -0.302. The maximum atomic E-state index is 13.0.